The molecule has 3 nitrogen and oxygen atoms in total. The molecule has 0 atom stereocenters. The standard InChI is InChI=1S/C15H18FNO2/c1-19-14-12(8-5-9-13(14)16)15(18)17-10-11-6-3-2-4-7-11/h5-6,8-9H,2-4,7,10H2,1H3,(H,17,18). The molecule has 1 N–H and O–H groups in total. The van der Waals surface area contributed by atoms with Gasteiger partial charge in [0.15, 0.2) is 11.6 Å². The quantitative estimate of drug-likeness (QED) is 0.848. The summed E-state index contributed by atoms with van der Waals surface area (Å²) in [6.45, 7) is 0.526. The Labute approximate surface area is 112 Å². The molecule has 0 bridgehead atoms. The van der Waals surface area contributed by atoms with Crippen LogP contribution in [0.15, 0.2) is 29.8 Å². The lowest BCUT2D eigenvalue weighted by atomic mass is 9.99. The molecular weight excluding hydrogens is 245 g/mol. The van der Waals surface area contributed by atoms with Crippen LogP contribution in [0.3, 0.4) is 0 Å². The fraction of sp³-hybridized carbons (Fsp3) is 0.400. The third-order valence-electron chi connectivity index (χ3n) is 3.28. The summed E-state index contributed by atoms with van der Waals surface area (Å²) in [5, 5.41) is 2.82. The van der Waals surface area contributed by atoms with Gasteiger partial charge in [0.05, 0.1) is 12.7 Å². The highest BCUT2D eigenvalue weighted by atomic mass is 19.1. The van der Waals surface area contributed by atoms with Crippen molar-refractivity contribution >= 4 is 5.91 Å². The number of methoxy groups -OCH3 is 1. The molecule has 1 aromatic rings. The van der Waals surface area contributed by atoms with Crippen LogP contribution in [0.5, 0.6) is 5.75 Å². The Balaban J connectivity index is 2.03. The molecule has 1 aliphatic carbocycles. The lowest BCUT2D eigenvalue weighted by Crippen LogP contribution is -2.26. The van der Waals surface area contributed by atoms with Crippen LogP contribution in [0.1, 0.15) is 36.0 Å². The molecule has 1 amide bonds. The largest absolute Gasteiger partial charge is 0.493 e. The number of carbonyl (C=O) groups excluding carboxylic acids is 1. The van der Waals surface area contributed by atoms with Gasteiger partial charge in [0.1, 0.15) is 0 Å². The molecule has 0 saturated carbocycles. The molecule has 0 aliphatic heterocycles. The Kier molecular flexibility index (Phi) is 4.55. The second-order valence-corrected chi connectivity index (χ2v) is 4.61. The van der Waals surface area contributed by atoms with Crippen LogP contribution in [0.4, 0.5) is 4.39 Å². The number of allylic oxidation sites excluding steroid dienone is 1. The van der Waals surface area contributed by atoms with Gasteiger partial charge in [-0.25, -0.2) is 4.39 Å². The van der Waals surface area contributed by atoms with Gasteiger partial charge in [-0.1, -0.05) is 17.7 Å². The first-order valence-electron chi connectivity index (χ1n) is 6.51. The maximum atomic E-state index is 13.5. The summed E-state index contributed by atoms with van der Waals surface area (Å²) >= 11 is 0. The van der Waals surface area contributed by atoms with Gasteiger partial charge in [0, 0.05) is 6.54 Å². The van der Waals surface area contributed by atoms with Gasteiger partial charge in [-0.3, -0.25) is 4.79 Å². The van der Waals surface area contributed by atoms with E-state index in [-0.39, 0.29) is 17.2 Å². The minimum absolute atomic E-state index is 0.00220. The van der Waals surface area contributed by atoms with E-state index >= 15 is 0 Å². The molecule has 102 valence electrons. The van der Waals surface area contributed by atoms with Crippen LogP contribution >= 0.6 is 0 Å². The molecule has 1 aromatic carbocycles. The molecule has 0 radical (unpaired) electrons. The van der Waals surface area contributed by atoms with Crippen molar-refractivity contribution in [1.29, 1.82) is 0 Å². The molecule has 2 rings (SSSR count). The van der Waals surface area contributed by atoms with E-state index in [1.807, 2.05) is 0 Å². The Hall–Kier alpha value is -1.84. The van der Waals surface area contributed by atoms with E-state index in [0.29, 0.717) is 6.54 Å². The van der Waals surface area contributed by atoms with Crippen LogP contribution in [0.2, 0.25) is 0 Å². The first-order valence-corrected chi connectivity index (χ1v) is 6.51. The van der Waals surface area contributed by atoms with E-state index in [1.165, 1.54) is 37.7 Å². The Morgan fingerprint density at radius 2 is 2.26 bits per heavy atom. The molecule has 1 aliphatic rings. The average molecular weight is 263 g/mol. The van der Waals surface area contributed by atoms with Crippen molar-refractivity contribution in [3.63, 3.8) is 0 Å². The first-order chi connectivity index (χ1) is 9.22. The topological polar surface area (TPSA) is 38.3 Å². The Bertz CT molecular complexity index is 497. The van der Waals surface area contributed by atoms with Gasteiger partial charge in [-0.15, -0.1) is 0 Å². The highest BCUT2D eigenvalue weighted by Crippen LogP contribution is 2.22. The summed E-state index contributed by atoms with van der Waals surface area (Å²) in [4.78, 5) is 12.0. The number of amides is 1. The van der Waals surface area contributed by atoms with Gasteiger partial charge in [0.25, 0.3) is 5.91 Å². The molecule has 0 heterocycles. The van der Waals surface area contributed by atoms with Crippen LogP contribution in [0, 0.1) is 5.82 Å². The van der Waals surface area contributed by atoms with Crippen molar-refractivity contribution in [3.8, 4) is 5.75 Å². The third-order valence-corrected chi connectivity index (χ3v) is 3.28. The van der Waals surface area contributed by atoms with Gasteiger partial charge >= 0.3 is 0 Å². The van der Waals surface area contributed by atoms with Gasteiger partial charge in [-0.2, -0.15) is 0 Å². The normalized spacial score (nSPS) is 14.7. The van der Waals surface area contributed by atoms with E-state index in [0.717, 1.165) is 12.8 Å². The number of halogens is 1. The maximum Gasteiger partial charge on any atom is 0.255 e. The van der Waals surface area contributed by atoms with Gasteiger partial charge in [0.2, 0.25) is 0 Å². The monoisotopic (exact) mass is 263 g/mol. The van der Waals surface area contributed by atoms with Crippen LogP contribution in [0.25, 0.3) is 0 Å². The zero-order valence-corrected chi connectivity index (χ0v) is 11.0. The van der Waals surface area contributed by atoms with Crippen molar-refractivity contribution in [2.45, 2.75) is 25.7 Å². The highest BCUT2D eigenvalue weighted by Gasteiger charge is 2.15. The smallest absolute Gasteiger partial charge is 0.255 e. The number of hydrogen-bond donors (Lipinski definition) is 1. The molecule has 19 heavy (non-hydrogen) atoms. The van der Waals surface area contributed by atoms with E-state index in [2.05, 4.69) is 11.4 Å². The lowest BCUT2D eigenvalue weighted by Gasteiger charge is -2.14. The Morgan fingerprint density at radius 3 is 2.95 bits per heavy atom. The molecule has 0 spiro atoms. The van der Waals surface area contributed by atoms with Crippen molar-refractivity contribution in [2.75, 3.05) is 13.7 Å². The fourth-order valence-electron chi connectivity index (χ4n) is 2.25. The second-order valence-electron chi connectivity index (χ2n) is 4.61. The van der Waals surface area contributed by atoms with Gasteiger partial charge < -0.3 is 10.1 Å². The number of para-hydroxylation sites is 1. The SMILES string of the molecule is COc1c(F)cccc1C(=O)NCC1=CCCCC1. The number of carbonyl (C=O) groups is 1. The van der Waals surface area contributed by atoms with Crippen molar-refractivity contribution in [3.05, 3.63) is 41.2 Å². The van der Waals surface area contributed by atoms with E-state index in [4.69, 9.17) is 4.74 Å². The highest BCUT2D eigenvalue weighted by molar-refractivity contribution is 5.97. The molecule has 0 fully saturated rings. The molecule has 0 saturated heterocycles. The predicted molar refractivity (Wildman–Crippen MR) is 71.8 cm³/mol. The minimum atomic E-state index is -0.521. The van der Waals surface area contributed by atoms with Gasteiger partial charge in [-0.05, 0) is 37.8 Å². The maximum absolute atomic E-state index is 13.5. The number of benzene rings is 1. The van der Waals surface area contributed by atoms with Crippen molar-refractivity contribution in [2.24, 2.45) is 0 Å². The zero-order chi connectivity index (χ0) is 13.7. The number of hydrogen-bond acceptors (Lipinski definition) is 2. The van der Waals surface area contributed by atoms with E-state index in [1.54, 1.807) is 6.07 Å². The Morgan fingerprint density at radius 1 is 1.42 bits per heavy atom. The summed E-state index contributed by atoms with van der Waals surface area (Å²) < 4.78 is 18.4. The fourth-order valence-corrected chi connectivity index (χ4v) is 2.25. The lowest BCUT2D eigenvalue weighted by molar-refractivity contribution is 0.0952. The third kappa shape index (κ3) is 3.34. The van der Waals surface area contributed by atoms with Crippen LogP contribution in [-0.4, -0.2) is 19.6 Å². The summed E-state index contributed by atoms with van der Waals surface area (Å²) in [5.41, 5.74) is 1.48. The van der Waals surface area contributed by atoms with E-state index in [9.17, 15) is 9.18 Å². The van der Waals surface area contributed by atoms with Crippen LogP contribution in [-0.2, 0) is 0 Å². The number of ether oxygens (including phenoxy) is 1. The molecule has 0 unspecified atom stereocenters. The second kappa shape index (κ2) is 6.36. The molecule has 4 heteroatoms. The molecule has 0 aromatic heterocycles. The zero-order valence-electron chi connectivity index (χ0n) is 11.0. The van der Waals surface area contributed by atoms with Crippen molar-refractivity contribution in [1.82, 2.24) is 5.32 Å². The molecular formula is C15H18FNO2. The minimum Gasteiger partial charge on any atom is -0.493 e. The van der Waals surface area contributed by atoms with E-state index < -0.39 is 5.82 Å². The summed E-state index contributed by atoms with van der Waals surface area (Å²) in [5.74, 6) is -0.826. The number of rotatable bonds is 4. The summed E-state index contributed by atoms with van der Waals surface area (Å²) in [7, 11) is 1.36. The first kappa shape index (κ1) is 13.6. The van der Waals surface area contributed by atoms with Crippen LogP contribution < -0.4 is 10.1 Å². The van der Waals surface area contributed by atoms with Crippen molar-refractivity contribution < 1.29 is 13.9 Å². The number of nitrogens with one attached hydrogen (secondary N) is 1. The average Bonchev–Trinajstić information content (AvgIpc) is 2.45. The summed E-state index contributed by atoms with van der Waals surface area (Å²) in [6, 6.07) is 4.35. The summed E-state index contributed by atoms with van der Waals surface area (Å²) in [6.07, 6.45) is 6.67. The predicted octanol–water partition coefficient (Wildman–Crippen LogP) is 3.06.